The number of nitrogens with one attached hydrogen (secondary N) is 1. The molecule has 1 aliphatic rings. The van der Waals surface area contributed by atoms with Gasteiger partial charge in [-0.05, 0) is 31.7 Å². The van der Waals surface area contributed by atoms with E-state index in [0.29, 0.717) is 11.3 Å². The van der Waals surface area contributed by atoms with Crippen molar-refractivity contribution in [1.82, 2.24) is 5.32 Å². The van der Waals surface area contributed by atoms with Gasteiger partial charge in [0, 0.05) is 6.54 Å². The summed E-state index contributed by atoms with van der Waals surface area (Å²) in [6.45, 7) is 7.93. The maximum absolute atomic E-state index is 3.26. The summed E-state index contributed by atoms with van der Waals surface area (Å²) in [6, 6.07) is 0. The predicted octanol–water partition coefficient (Wildman–Crippen LogP) is 2.75. The third-order valence-corrected chi connectivity index (χ3v) is 2.77. The zero-order valence-electron chi connectivity index (χ0n) is 9.22. The third kappa shape index (κ3) is 3.00. The van der Waals surface area contributed by atoms with Crippen molar-refractivity contribution in [1.29, 1.82) is 0 Å². The minimum absolute atomic E-state index is 0.343. The summed E-state index contributed by atoms with van der Waals surface area (Å²) in [5.74, 6) is 0.690. The molecule has 0 aromatic heterocycles. The van der Waals surface area contributed by atoms with Crippen molar-refractivity contribution in [2.75, 3.05) is 13.6 Å². The van der Waals surface area contributed by atoms with Crippen LogP contribution in [0.25, 0.3) is 0 Å². The Bertz CT molecular complexity index is 223. The fourth-order valence-electron chi connectivity index (χ4n) is 1.94. The summed E-state index contributed by atoms with van der Waals surface area (Å²) in [5.41, 5.74) is 1.84. The quantitative estimate of drug-likeness (QED) is 0.687. The Labute approximate surface area is 81.9 Å². The van der Waals surface area contributed by atoms with Crippen LogP contribution in [0.2, 0.25) is 0 Å². The molecular weight excluding hydrogens is 158 g/mol. The highest BCUT2D eigenvalue weighted by Gasteiger charge is 2.22. The lowest BCUT2D eigenvalue weighted by molar-refractivity contribution is 0.359. The molecule has 1 unspecified atom stereocenters. The highest BCUT2D eigenvalue weighted by atomic mass is 14.8. The van der Waals surface area contributed by atoms with Gasteiger partial charge in [-0.1, -0.05) is 37.6 Å². The fourth-order valence-corrected chi connectivity index (χ4v) is 1.94. The van der Waals surface area contributed by atoms with Crippen LogP contribution >= 0.6 is 0 Å². The molecule has 0 aromatic rings. The van der Waals surface area contributed by atoms with Gasteiger partial charge in [0.25, 0.3) is 0 Å². The van der Waals surface area contributed by atoms with Gasteiger partial charge in [0.1, 0.15) is 0 Å². The molecule has 0 saturated heterocycles. The molecule has 1 aliphatic carbocycles. The van der Waals surface area contributed by atoms with Crippen LogP contribution in [0.1, 0.15) is 27.2 Å². The Hall–Kier alpha value is -0.560. The molecule has 1 rings (SSSR count). The van der Waals surface area contributed by atoms with E-state index < -0.39 is 0 Å². The molecule has 0 radical (unpaired) electrons. The van der Waals surface area contributed by atoms with Crippen LogP contribution in [0, 0.1) is 11.3 Å². The van der Waals surface area contributed by atoms with E-state index in [9.17, 15) is 0 Å². The van der Waals surface area contributed by atoms with Crippen LogP contribution < -0.4 is 5.32 Å². The smallest absolute Gasteiger partial charge is 0.00142 e. The first kappa shape index (κ1) is 10.5. The van der Waals surface area contributed by atoms with Crippen LogP contribution in [0.5, 0.6) is 0 Å². The molecule has 0 spiro atoms. The zero-order valence-corrected chi connectivity index (χ0v) is 9.22. The summed E-state index contributed by atoms with van der Waals surface area (Å²) < 4.78 is 0. The number of rotatable bonds is 2. The van der Waals surface area contributed by atoms with E-state index in [1.165, 1.54) is 12.0 Å². The highest BCUT2D eigenvalue weighted by molar-refractivity contribution is 5.19. The van der Waals surface area contributed by atoms with Gasteiger partial charge < -0.3 is 5.32 Å². The molecule has 13 heavy (non-hydrogen) atoms. The maximum atomic E-state index is 3.26. The van der Waals surface area contributed by atoms with Gasteiger partial charge in [-0.3, -0.25) is 0 Å². The van der Waals surface area contributed by atoms with Crippen molar-refractivity contribution in [3.05, 3.63) is 23.8 Å². The minimum Gasteiger partial charge on any atom is -0.319 e. The van der Waals surface area contributed by atoms with Crippen molar-refractivity contribution in [2.24, 2.45) is 11.3 Å². The van der Waals surface area contributed by atoms with Gasteiger partial charge in [0.05, 0.1) is 0 Å². The monoisotopic (exact) mass is 179 g/mol. The first-order valence-electron chi connectivity index (χ1n) is 5.06. The largest absolute Gasteiger partial charge is 0.319 e. The SMILES string of the molecule is CNCC1CC(C)(C)C=CC=C1C. The second kappa shape index (κ2) is 4.10. The van der Waals surface area contributed by atoms with Crippen LogP contribution in [0.3, 0.4) is 0 Å². The van der Waals surface area contributed by atoms with E-state index in [-0.39, 0.29) is 0 Å². The van der Waals surface area contributed by atoms with Gasteiger partial charge in [-0.25, -0.2) is 0 Å². The van der Waals surface area contributed by atoms with Gasteiger partial charge >= 0.3 is 0 Å². The summed E-state index contributed by atoms with van der Waals surface area (Å²) in [4.78, 5) is 0. The Morgan fingerprint density at radius 3 is 2.85 bits per heavy atom. The highest BCUT2D eigenvalue weighted by Crippen LogP contribution is 2.32. The predicted molar refractivity (Wildman–Crippen MR) is 58.7 cm³/mol. The lowest BCUT2D eigenvalue weighted by Crippen LogP contribution is -2.24. The van der Waals surface area contributed by atoms with E-state index in [1.54, 1.807) is 0 Å². The van der Waals surface area contributed by atoms with E-state index in [4.69, 9.17) is 0 Å². The van der Waals surface area contributed by atoms with Crippen molar-refractivity contribution in [3.63, 3.8) is 0 Å². The van der Waals surface area contributed by atoms with E-state index in [1.807, 2.05) is 7.05 Å². The molecule has 74 valence electrons. The molecule has 1 heteroatoms. The summed E-state index contributed by atoms with van der Waals surface area (Å²) in [6.07, 6.45) is 8.00. The summed E-state index contributed by atoms with van der Waals surface area (Å²) in [7, 11) is 2.03. The molecule has 0 aromatic carbocycles. The summed E-state index contributed by atoms with van der Waals surface area (Å²) in [5, 5.41) is 3.26. The van der Waals surface area contributed by atoms with Crippen molar-refractivity contribution in [2.45, 2.75) is 27.2 Å². The molecule has 0 heterocycles. The maximum Gasteiger partial charge on any atom is 0.00142 e. The van der Waals surface area contributed by atoms with Crippen LogP contribution in [0.15, 0.2) is 23.8 Å². The molecule has 1 nitrogen and oxygen atoms in total. The second-order valence-corrected chi connectivity index (χ2v) is 4.72. The lowest BCUT2D eigenvalue weighted by Gasteiger charge is -2.25. The molecule has 1 atom stereocenters. The number of hydrogen-bond donors (Lipinski definition) is 1. The molecule has 0 fully saturated rings. The van der Waals surface area contributed by atoms with Crippen LogP contribution in [0.4, 0.5) is 0 Å². The van der Waals surface area contributed by atoms with Gasteiger partial charge in [-0.15, -0.1) is 0 Å². The standard InChI is InChI=1S/C12H21N/c1-10-6-5-7-12(2,3)8-11(10)9-13-4/h5-7,11,13H,8-9H2,1-4H3. The molecular formula is C12H21N. The third-order valence-electron chi connectivity index (χ3n) is 2.77. The fraction of sp³-hybridized carbons (Fsp3) is 0.667. The number of hydrogen-bond acceptors (Lipinski definition) is 1. The second-order valence-electron chi connectivity index (χ2n) is 4.72. The van der Waals surface area contributed by atoms with Gasteiger partial charge in [-0.2, -0.15) is 0 Å². The summed E-state index contributed by atoms with van der Waals surface area (Å²) >= 11 is 0. The average Bonchev–Trinajstić information content (AvgIpc) is 2.12. The Kier molecular flexibility index (Phi) is 3.32. The molecule has 1 N–H and O–H groups in total. The normalized spacial score (nSPS) is 26.8. The Morgan fingerprint density at radius 1 is 1.54 bits per heavy atom. The lowest BCUT2D eigenvalue weighted by atomic mass is 9.81. The first-order valence-corrected chi connectivity index (χ1v) is 5.06. The zero-order chi connectivity index (χ0) is 9.90. The minimum atomic E-state index is 0.343. The Morgan fingerprint density at radius 2 is 2.23 bits per heavy atom. The average molecular weight is 179 g/mol. The van der Waals surface area contributed by atoms with Crippen LogP contribution in [-0.2, 0) is 0 Å². The number of allylic oxidation sites excluding steroid dienone is 3. The van der Waals surface area contributed by atoms with E-state index in [2.05, 4.69) is 44.3 Å². The van der Waals surface area contributed by atoms with E-state index >= 15 is 0 Å². The van der Waals surface area contributed by atoms with Gasteiger partial charge in [0.2, 0.25) is 0 Å². The molecule has 0 bridgehead atoms. The molecule has 0 aliphatic heterocycles. The first-order chi connectivity index (χ1) is 6.05. The molecule has 0 amide bonds. The Balaban J connectivity index is 2.73. The van der Waals surface area contributed by atoms with Crippen LogP contribution in [-0.4, -0.2) is 13.6 Å². The van der Waals surface area contributed by atoms with Crippen molar-refractivity contribution < 1.29 is 0 Å². The van der Waals surface area contributed by atoms with Crippen molar-refractivity contribution >= 4 is 0 Å². The topological polar surface area (TPSA) is 12.0 Å². The van der Waals surface area contributed by atoms with Crippen molar-refractivity contribution in [3.8, 4) is 0 Å². The van der Waals surface area contributed by atoms with E-state index in [0.717, 1.165) is 6.54 Å². The molecule has 0 saturated carbocycles. The van der Waals surface area contributed by atoms with Gasteiger partial charge in [0.15, 0.2) is 0 Å².